The van der Waals surface area contributed by atoms with Crippen molar-refractivity contribution >= 4 is 27.7 Å². The SMILES string of the molecule is CC(CN)c1ccc(N2CC3CCC(C2)N3C(=O)O)c(Br)c1. The van der Waals surface area contributed by atoms with Crippen LogP contribution in [0.25, 0.3) is 0 Å². The number of anilines is 1. The Morgan fingerprint density at radius 2 is 2.05 bits per heavy atom. The Morgan fingerprint density at radius 1 is 1.41 bits per heavy atom. The van der Waals surface area contributed by atoms with Gasteiger partial charge in [-0.05, 0) is 58.9 Å². The van der Waals surface area contributed by atoms with Crippen molar-refractivity contribution in [2.24, 2.45) is 5.73 Å². The number of rotatable bonds is 3. The molecule has 2 heterocycles. The highest BCUT2D eigenvalue weighted by atomic mass is 79.9. The first-order chi connectivity index (χ1) is 10.5. The number of halogens is 1. The van der Waals surface area contributed by atoms with Crippen LogP contribution in [0.15, 0.2) is 22.7 Å². The zero-order valence-corrected chi connectivity index (χ0v) is 14.3. The zero-order valence-electron chi connectivity index (χ0n) is 12.7. The number of carboxylic acid groups (broad SMARTS) is 1. The second kappa shape index (κ2) is 6.08. The van der Waals surface area contributed by atoms with Gasteiger partial charge in [0.25, 0.3) is 0 Å². The van der Waals surface area contributed by atoms with E-state index in [1.807, 2.05) is 0 Å². The molecule has 2 aliphatic heterocycles. The van der Waals surface area contributed by atoms with E-state index in [9.17, 15) is 9.90 Å². The lowest BCUT2D eigenvalue weighted by Gasteiger charge is -2.41. The van der Waals surface area contributed by atoms with Gasteiger partial charge >= 0.3 is 6.09 Å². The molecule has 0 radical (unpaired) electrons. The molecular formula is C16H22BrN3O2. The second-order valence-corrected chi connectivity index (χ2v) is 7.18. The zero-order chi connectivity index (χ0) is 15.9. The third kappa shape index (κ3) is 2.70. The Morgan fingerprint density at radius 3 is 2.55 bits per heavy atom. The molecule has 5 nitrogen and oxygen atoms in total. The van der Waals surface area contributed by atoms with Crippen molar-refractivity contribution in [3.05, 3.63) is 28.2 Å². The van der Waals surface area contributed by atoms with Crippen LogP contribution >= 0.6 is 15.9 Å². The summed E-state index contributed by atoms with van der Waals surface area (Å²) in [5.41, 5.74) is 8.11. The maximum atomic E-state index is 11.4. The first-order valence-electron chi connectivity index (χ1n) is 7.77. The van der Waals surface area contributed by atoms with Gasteiger partial charge in [0.2, 0.25) is 0 Å². The van der Waals surface area contributed by atoms with Gasteiger partial charge in [0, 0.05) is 17.6 Å². The van der Waals surface area contributed by atoms with E-state index >= 15 is 0 Å². The molecular weight excluding hydrogens is 346 g/mol. The van der Waals surface area contributed by atoms with E-state index in [0.29, 0.717) is 12.5 Å². The van der Waals surface area contributed by atoms with Gasteiger partial charge in [-0.3, -0.25) is 4.90 Å². The minimum atomic E-state index is -0.779. The van der Waals surface area contributed by atoms with Crippen molar-refractivity contribution in [3.63, 3.8) is 0 Å². The predicted octanol–water partition coefficient (Wildman–Crippen LogP) is 2.84. The fourth-order valence-electron chi connectivity index (χ4n) is 3.63. The van der Waals surface area contributed by atoms with E-state index in [4.69, 9.17) is 5.73 Å². The Hall–Kier alpha value is -1.27. The lowest BCUT2D eigenvalue weighted by molar-refractivity contribution is 0.115. The number of benzene rings is 1. The summed E-state index contributed by atoms with van der Waals surface area (Å²) >= 11 is 3.67. The first-order valence-corrected chi connectivity index (χ1v) is 8.56. The summed E-state index contributed by atoms with van der Waals surface area (Å²) in [4.78, 5) is 15.3. The molecule has 0 aliphatic carbocycles. The molecule has 3 atom stereocenters. The number of hydrogen-bond acceptors (Lipinski definition) is 3. The summed E-state index contributed by atoms with van der Waals surface area (Å²) < 4.78 is 1.06. The molecule has 0 aromatic heterocycles. The first kappa shape index (κ1) is 15.6. The van der Waals surface area contributed by atoms with Crippen molar-refractivity contribution in [2.45, 2.75) is 37.8 Å². The normalized spacial score (nSPS) is 25.4. The Labute approximate surface area is 139 Å². The standard InChI is InChI=1S/C16H22BrN3O2/c1-10(7-18)11-2-5-15(14(17)6-11)19-8-12-3-4-13(9-19)20(12)16(21)22/h2,5-6,10,12-13H,3-4,7-9,18H2,1H3,(H,21,22). The lowest BCUT2D eigenvalue weighted by atomic mass is 10.0. The molecule has 22 heavy (non-hydrogen) atoms. The van der Waals surface area contributed by atoms with Crippen molar-refractivity contribution in [1.29, 1.82) is 0 Å². The molecule has 2 aliphatic rings. The average molecular weight is 368 g/mol. The topological polar surface area (TPSA) is 69.8 Å². The molecule has 1 aromatic carbocycles. The van der Waals surface area contributed by atoms with Crippen LogP contribution in [-0.4, -0.2) is 47.8 Å². The van der Waals surface area contributed by atoms with E-state index in [0.717, 1.165) is 36.1 Å². The molecule has 3 N–H and O–H groups in total. The summed E-state index contributed by atoms with van der Waals surface area (Å²) in [7, 11) is 0. The van der Waals surface area contributed by atoms with Crippen molar-refractivity contribution in [3.8, 4) is 0 Å². The van der Waals surface area contributed by atoms with Crippen molar-refractivity contribution < 1.29 is 9.90 Å². The fourth-order valence-corrected chi connectivity index (χ4v) is 4.28. The molecule has 2 saturated heterocycles. The van der Waals surface area contributed by atoms with Gasteiger partial charge in [-0.25, -0.2) is 4.79 Å². The van der Waals surface area contributed by atoms with E-state index in [2.05, 4.69) is 46.0 Å². The van der Waals surface area contributed by atoms with Crippen LogP contribution in [0.3, 0.4) is 0 Å². The van der Waals surface area contributed by atoms with E-state index in [1.54, 1.807) is 4.90 Å². The van der Waals surface area contributed by atoms with Gasteiger partial charge in [-0.2, -0.15) is 0 Å². The van der Waals surface area contributed by atoms with Crippen LogP contribution in [0.4, 0.5) is 10.5 Å². The molecule has 1 aromatic rings. The van der Waals surface area contributed by atoms with Gasteiger partial charge in [-0.1, -0.05) is 13.0 Å². The summed E-state index contributed by atoms with van der Waals surface area (Å²) in [6.07, 6.45) is 1.15. The third-order valence-electron chi connectivity index (χ3n) is 4.94. The summed E-state index contributed by atoms with van der Waals surface area (Å²) in [6, 6.07) is 6.62. The smallest absolute Gasteiger partial charge is 0.407 e. The number of hydrogen-bond donors (Lipinski definition) is 2. The highest BCUT2D eigenvalue weighted by Gasteiger charge is 2.42. The van der Waals surface area contributed by atoms with Gasteiger partial charge in [0.1, 0.15) is 0 Å². The quantitative estimate of drug-likeness (QED) is 0.861. The molecule has 120 valence electrons. The fraction of sp³-hybridized carbons (Fsp3) is 0.562. The number of nitrogens with two attached hydrogens (primary N) is 1. The van der Waals surface area contributed by atoms with Crippen LogP contribution in [0.1, 0.15) is 31.2 Å². The number of amides is 1. The molecule has 2 fully saturated rings. The maximum Gasteiger partial charge on any atom is 0.407 e. The molecule has 1 amide bonds. The van der Waals surface area contributed by atoms with E-state index in [1.165, 1.54) is 5.56 Å². The van der Waals surface area contributed by atoms with Crippen LogP contribution < -0.4 is 10.6 Å². The Kier molecular flexibility index (Phi) is 4.32. The summed E-state index contributed by atoms with van der Waals surface area (Å²) in [6.45, 7) is 4.29. The summed E-state index contributed by atoms with van der Waals surface area (Å²) in [5.74, 6) is 0.338. The van der Waals surface area contributed by atoms with Crippen molar-refractivity contribution in [1.82, 2.24) is 4.90 Å². The number of carbonyl (C=O) groups is 1. The summed E-state index contributed by atoms with van der Waals surface area (Å²) in [5, 5.41) is 9.34. The highest BCUT2D eigenvalue weighted by Crippen LogP contribution is 2.36. The lowest BCUT2D eigenvalue weighted by Crippen LogP contribution is -2.55. The molecule has 6 heteroatoms. The number of fused-ring (bicyclic) bond motifs is 2. The van der Waals surface area contributed by atoms with Crippen LogP contribution in [0.5, 0.6) is 0 Å². The molecule has 0 spiro atoms. The van der Waals surface area contributed by atoms with Crippen molar-refractivity contribution in [2.75, 3.05) is 24.5 Å². The molecule has 3 unspecified atom stereocenters. The van der Waals surface area contributed by atoms with Gasteiger partial charge in [0.05, 0.1) is 17.8 Å². The molecule has 3 rings (SSSR count). The molecule has 0 saturated carbocycles. The van der Waals surface area contributed by atoms with Crippen LogP contribution in [0.2, 0.25) is 0 Å². The average Bonchev–Trinajstić information content (AvgIpc) is 2.77. The van der Waals surface area contributed by atoms with E-state index in [-0.39, 0.29) is 12.1 Å². The maximum absolute atomic E-state index is 11.4. The predicted molar refractivity (Wildman–Crippen MR) is 90.5 cm³/mol. The number of nitrogens with zero attached hydrogens (tertiary/aromatic N) is 2. The van der Waals surface area contributed by atoms with Crippen LogP contribution in [0, 0.1) is 0 Å². The minimum Gasteiger partial charge on any atom is -0.465 e. The third-order valence-corrected chi connectivity index (χ3v) is 5.57. The van der Waals surface area contributed by atoms with E-state index < -0.39 is 6.09 Å². The van der Waals surface area contributed by atoms with Gasteiger partial charge < -0.3 is 15.7 Å². The second-order valence-electron chi connectivity index (χ2n) is 6.33. The van der Waals surface area contributed by atoms with Gasteiger partial charge in [-0.15, -0.1) is 0 Å². The number of piperazine rings is 1. The molecule has 2 bridgehead atoms. The van der Waals surface area contributed by atoms with Crippen LogP contribution in [-0.2, 0) is 0 Å². The van der Waals surface area contributed by atoms with Gasteiger partial charge in [0.15, 0.2) is 0 Å². The largest absolute Gasteiger partial charge is 0.465 e. The Balaban J connectivity index is 1.80. The Bertz CT molecular complexity index is 567. The minimum absolute atomic E-state index is 0.116. The monoisotopic (exact) mass is 367 g/mol. The highest BCUT2D eigenvalue weighted by molar-refractivity contribution is 9.10.